The first-order chi connectivity index (χ1) is 9.66. The summed E-state index contributed by atoms with van der Waals surface area (Å²) in [6.07, 6.45) is 2.97. The standard InChI is InChI=1S/C13H13N3O4/c14-12-10(4-1-5-15-12)13(18)20-8-11(17)16-7-9-3-2-6-19-9/h1-6H,7-8H2,(H2,14,15)(H,16,17). The molecule has 2 rings (SSSR count). The largest absolute Gasteiger partial charge is 0.467 e. The zero-order chi connectivity index (χ0) is 14.4. The van der Waals surface area contributed by atoms with Crippen molar-refractivity contribution in [2.45, 2.75) is 6.54 Å². The van der Waals surface area contributed by atoms with E-state index in [-0.39, 0.29) is 17.9 Å². The Morgan fingerprint density at radius 2 is 2.20 bits per heavy atom. The number of nitrogens with one attached hydrogen (secondary N) is 1. The fourth-order valence-electron chi connectivity index (χ4n) is 1.45. The Balaban J connectivity index is 1.78. The quantitative estimate of drug-likeness (QED) is 0.779. The summed E-state index contributed by atoms with van der Waals surface area (Å²) >= 11 is 0. The monoisotopic (exact) mass is 275 g/mol. The first-order valence-corrected chi connectivity index (χ1v) is 5.83. The lowest BCUT2D eigenvalue weighted by Crippen LogP contribution is -2.28. The molecule has 104 valence electrons. The number of carbonyl (C=O) groups excluding carboxylic acids is 2. The number of aromatic nitrogens is 1. The summed E-state index contributed by atoms with van der Waals surface area (Å²) < 4.78 is 9.89. The van der Waals surface area contributed by atoms with Crippen LogP contribution in [0.1, 0.15) is 16.1 Å². The Morgan fingerprint density at radius 1 is 1.35 bits per heavy atom. The number of nitrogens with two attached hydrogens (primary N) is 1. The smallest absolute Gasteiger partial charge is 0.342 e. The van der Waals surface area contributed by atoms with Gasteiger partial charge in [0.2, 0.25) is 0 Å². The van der Waals surface area contributed by atoms with Crippen molar-refractivity contribution in [2.75, 3.05) is 12.3 Å². The second-order valence-corrected chi connectivity index (χ2v) is 3.87. The van der Waals surface area contributed by atoms with Crippen molar-refractivity contribution in [3.63, 3.8) is 0 Å². The number of hydrogen-bond donors (Lipinski definition) is 2. The third-order valence-corrected chi connectivity index (χ3v) is 2.43. The van der Waals surface area contributed by atoms with Crippen molar-refractivity contribution in [1.82, 2.24) is 10.3 Å². The predicted octanol–water partition coefficient (Wildman–Crippen LogP) is 0.730. The average Bonchev–Trinajstić information content (AvgIpc) is 2.96. The number of esters is 1. The molecule has 0 fully saturated rings. The Labute approximate surface area is 114 Å². The highest BCUT2D eigenvalue weighted by Crippen LogP contribution is 2.08. The van der Waals surface area contributed by atoms with E-state index in [9.17, 15) is 9.59 Å². The first-order valence-electron chi connectivity index (χ1n) is 5.83. The number of hydrogen-bond acceptors (Lipinski definition) is 6. The lowest BCUT2D eigenvalue weighted by atomic mass is 10.2. The van der Waals surface area contributed by atoms with Crippen molar-refractivity contribution in [2.24, 2.45) is 0 Å². The van der Waals surface area contributed by atoms with E-state index >= 15 is 0 Å². The van der Waals surface area contributed by atoms with Crippen LogP contribution in [0.15, 0.2) is 41.1 Å². The maximum absolute atomic E-state index is 11.7. The summed E-state index contributed by atoms with van der Waals surface area (Å²) in [5, 5.41) is 2.55. The predicted molar refractivity (Wildman–Crippen MR) is 69.5 cm³/mol. The SMILES string of the molecule is Nc1ncccc1C(=O)OCC(=O)NCc1ccco1. The normalized spacial score (nSPS) is 10.0. The van der Waals surface area contributed by atoms with Gasteiger partial charge >= 0.3 is 5.97 Å². The van der Waals surface area contributed by atoms with Crippen molar-refractivity contribution >= 4 is 17.7 Å². The maximum atomic E-state index is 11.7. The number of furan rings is 1. The van der Waals surface area contributed by atoms with Gasteiger partial charge in [-0.3, -0.25) is 4.79 Å². The summed E-state index contributed by atoms with van der Waals surface area (Å²) in [7, 11) is 0. The van der Waals surface area contributed by atoms with Gasteiger partial charge in [-0.25, -0.2) is 9.78 Å². The van der Waals surface area contributed by atoms with E-state index in [1.807, 2.05) is 0 Å². The van der Waals surface area contributed by atoms with Crippen LogP contribution >= 0.6 is 0 Å². The van der Waals surface area contributed by atoms with Gasteiger partial charge in [0.1, 0.15) is 17.1 Å². The van der Waals surface area contributed by atoms with Gasteiger partial charge in [0, 0.05) is 6.20 Å². The molecule has 7 nitrogen and oxygen atoms in total. The van der Waals surface area contributed by atoms with Crippen molar-refractivity contribution in [3.05, 3.63) is 48.0 Å². The van der Waals surface area contributed by atoms with Crippen molar-refractivity contribution in [3.8, 4) is 0 Å². The Hall–Kier alpha value is -2.83. The van der Waals surface area contributed by atoms with Crippen LogP contribution < -0.4 is 11.1 Å². The molecule has 0 unspecified atom stereocenters. The van der Waals surface area contributed by atoms with Crippen LogP contribution in [0.3, 0.4) is 0 Å². The summed E-state index contributed by atoms with van der Waals surface area (Å²) in [5.41, 5.74) is 5.66. The lowest BCUT2D eigenvalue weighted by molar-refractivity contribution is -0.124. The van der Waals surface area contributed by atoms with Crippen LogP contribution in [0.25, 0.3) is 0 Å². The second kappa shape index (κ2) is 6.37. The van der Waals surface area contributed by atoms with Crippen LogP contribution in [0.5, 0.6) is 0 Å². The molecule has 1 amide bonds. The molecule has 0 saturated heterocycles. The average molecular weight is 275 g/mol. The van der Waals surface area contributed by atoms with Crippen LogP contribution in [-0.2, 0) is 16.1 Å². The van der Waals surface area contributed by atoms with Crippen LogP contribution in [0.4, 0.5) is 5.82 Å². The maximum Gasteiger partial charge on any atom is 0.342 e. The summed E-state index contributed by atoms with van der Waals surface area (Å²) in [5.74, 6) is -0.448. The highest BCUT2D eigenvalue weighted by atomic mass is 16.5. The molecule has 0 atom stereocenters. The topological polar surface area (TPSA) is 107 Å². The van der Waals surface area contributed by atoms with E-state index in [0.717, 1.165) is 0 Å². The molecule has 0 aliphatic carbocycles. The van der Waals surface area contributed by atoms with Gasteiger partial charge in [0.05, 0.1) is 12.8 Å². The summed E-state index contributed by atoms with van der Waals surface area (Å²) in [4.78, 5) is 26.9. The molecule has 0 aliphatic heterocycles. The molecule has 2 aromatic rings. The molecular formula is C13H13N3O4. The van der Waals surface area contributed by atoms with Gasteiger partial charge in [-0.2, -0.15) is 0 Å². The van der Waals surface area contributed by atoms with Gasteiger partial charge in [-0.05, 0) is 24.3 Å². The number of nitrogens with zero attached hydrogens (tertiary/aromatic N) is 1. The lowest BCUT2D eigenvalue weighted by Gasteiger charge is -2.06. The number of pyridine rings is 1. The third kappa shape index (κ3) is 3.58. The van der Waals surface area contributed by atoms with Gasteiger partial charge in [0.25, 0.3) is 5.91 Å². The molecule has 20 heavy (non-hydrogen) atoms. The molecule has 2 heterocycles. The fraction of sp³-hybridized carbons (Fsp3) is 0.154. The number of ether oxygens (including phenoxy) is 1. The van der Waals surface area contributed by atoms with E-state index in [2.05, 4.69) is 10.3 Å². The Kier molecular flexibility index (Phi) is 4.33. The van der Waals surface area contributed by atoms with E-state index in [4.69, 9.17) is 14.9 Å². The van der Waals surface area contributed by atoms with Crippen molar-refractivity contribution in [1.29, 1.82) is 0 Å². The van der Waals surface area contributed by atoms with E-state index in [0.29, 0.717) is 5.76 Å². The van der Waals surface area contributed by atoms with E-state index in [1.165, 1.54) is 18.5 Å². The molecule has 0 saturated carbocycles. The first kappa shape index (κ1) is 13.6. The molecule has 7 heteroatoms. The van der Waals surface area contributed by atoms with Crippen LogP contribution in [-0.4, -0.2) is 23.5 Å². The third-order valence-electron chi connectivity index (χ3n) is 2.43. The minimum absolute atomic E-state index is 0.0634. The Bertz CT molecular complexity index is 595. The zero-order valence-corrected chi connectivity index (χ0v) is 10.5. The number of anilines is 1. The van der Waals surface area contributed by atoms with Crippen LogP contribution in [0.2, 0.25) is 0 Å². The van der Waals surface area contributed by atoms with Gasteiger partial charge in [0.15, 0.2) is 6.61 Å². The summed E-state index contributed by atoms with van der Waals surface area (Å²) in [6, 6.07) is 6.48. The molecule has 3 N–H and O–H groups in total. The van der Waals surface area contributed by atoms with Crippen molar-refractivity contribution < 1.29 is 18.7 Å². The Morgan fingerprint density at radius 3 is 2.90 bits per heavy atom. The highest BCUT2D eigenvalue weighted by molar-refractivity contribution is 5.95. The fourth-order valence-corrected chi connectivity index (χ4v) is 1.45. The van der Waals surface area contributed by atoms with Gasteiger partial charge in [-0.15, -0.1) is 0 Å². The molecule has 0 radical (unpaired) electrons. The molecule has 0 spiro atoms. The number of nitrogen functional groups attached to an aromatic ring is 1. The molecular weight excluding hydrogens is 262 g/mol. The van der Waals surface area contributed by atoms with Crippen LogP contribution in [0, 0.1) is 0 Å². The molecule has 0 bridgehead atoms. The van der Waals surface area contributed by atoms with E-state index < -0.39 is 18.5 Å². The number of carbonyl (C=O) groups is 2. The summed E-state index contributed by atoms with van der Waals surface area (Å²) in [6.45, 7) is -0.160. The molecule has 0 aromatic carbocycles. The zero-order valence-electron chi connectivity index (χ0n) is 10.5. The minimum atomic E-state index is -0.691. The number of rotatable bonds is 5. The minimum Gasteiger partial charge on any atom is -0.467 e. The van der Waals surface area contributed by atoms with E-state index in [1.54, 1.807) is 18.2 Å². The van der Waals surface area contributed by atoms with Gasteiger partial charge < -0.3 is 20.2 Å². The highest BCUT2D eigenvalue weighted by Gasteiger charge is 2.13. The molecule has 2 aromatic heterocycles. The molecule has 0 aliphatic rings. The number of amides is 1. The van der Waals surface area contributed by atoms with Gasteiger partial charge in [-0.1, -0.05) is 0 Å². The second-order valence-electron chi connectivity index (χ2n) is 3.87.